The minimum absolute atomic E-state index is 0.0248. The maximum absolute atomic E-state index is 13.4. The number of aromatic nitrogens is 5. The van der Waals surface area contributed by atoms with Crippen molar-refractivity contribution in [2.75, 3.05) is 68.7 Å². The Bertz CT molecular complexity index is 1870. The lowest BCUT2D eigenvalue weighted by atomic mass is 10.2. The van der Waals surface area contributed by atoms with Crippen LogP contribution in [0.2, 0.25) is 0 Å². The molecule has 4 heterocycles. The molecule has 15 heteroatoms. The number of anilines is 5. The number of benzene rings is 2. The minimum atomic E-state index is -4.52. The number of ether oxygens (including phenoxy) is 1. The largest absolute Gasteiger partial charge is 0.482 e. The highest BCUT2D eigenvalue weighted by atomic mass is 31.2. The molecule has 6 rings (SSSR count). The monoisotopic (exact) mass is 625 g/mol. The predicted octanol–water partition coefficient (Wildman–Crippen LogP) is 5.33. The van der Waals surface area contributed by atoms with Gasteiger partial charge in [-0.2, -0.15) is 23.1 Å². The van der Waals surface area contributed by atoms with E-state index >= 15 is 0 Å². The van der Waals surface area contributed by atoms with E-state index in [-0.39, 0.29) is 17.4 Å². The van der Waals surface area contributed by atoms with Gasteiger partial charge in [0.15, 0.2) is 6.61 Å². The van der Waals surface area contributed by atoms with Gasteiger partial charge in [-0.05, 0) is 50.7 Å². The highest BCUT2D eigenvalue weighted by Gasteiger charge is 2.29. The molecule has 3 N–H and O–H groups in total. The van der Waals surface area contributed by atoms with E-state index in [1.807, 2.05) is 13.1 Å². The summed E-state index contributed by atoms with van der Waals surface area (Å²) in [6, 6.07) is 10.5. The molecule has 0 unspecified atom stereocenters. The first-order valence-corrected chi connectivity index (χ1v) is 16.5. The number of piperazine rings is 1. The first-order chi connectivity index (χ1) is 20.9. The third-order valence-electron chi connectivity index (χ3n) is 7.29. The Morgan fingerprint density at radius 2 is 1.73 bits per heavy atom. The van der Waals surface area contributed by atoms with Gasteiger partial charge in [-0.3, -0.25) is 9.97 Å². The lowest BCUT2D eigenvalue weighted by Gasteiger charge is -2.34. The number of H-pyrrole nitrogens is 1. The fourth-order valence-corrected chi connectivity index (χ4v) is 6.56. The Balaban J connectivity index is 1.37. The molecule has 0 saturated carbocycles. The number of rotatable bonds is 8. The van der Waals surface area contributed by atoms with Gasteiger partial charge in [0, 0.05) is 56.5 Å². The first kappa shape index (κ1) is 29.6. The van der Waals surface area contributed by atoms with Crippen molar-refractivity contribution in [3.63, 3.8) is 0 Å². The fraction of sp³-hybridized carbons (Fsp3) is 0.310. The van der Waals surface area contributed by atoms with E-state index in [9.17, 15) is 17.7 Å². The van der Waals surface area contributed by atoms with Crippen LogP contribution in [0.1, 0.15) is 0 Å². The van der Waals surface area contributed by atoms with E-state index in [1.165, 1.54) is 0 Å². The molecule has 0 bridgehead atoms. The molecule has 11 nitrogen and oxygen atoms in total. The Morgan fingerprint density at radius 3 is 2.48 bits per heavy atom. The highest BCUT2D eigenvalue weighted by molar-refractivity contribution is 7.71. The zero-order valence-electron chi connectivity index (χ0n) is 24.3. The highest BCUT2D eigenvalue weighted by Crippen LogP contribution is 2.41. The maximum atomic E-state index is 13.4. The van der Waals surface area contributed by atoms with Gasteiger partial charge >= 0.3 is 6.18 Å². The van der Waals surface area contributed by atoms with Crippen LogP contribution in [-0.4, -0.2) is 89.2 Å². The molecular weight excluding hydrogens is 594 g/mol. The minimum Gasteiger partial charge on any atom is -0.482 e. The molecular formula is C29H31F3N9O2P. The number of likely N-dealkylation sites (N-methyl/N-ethyl adjacent to an activating group) is 1. The zero-order valence-corrected chi connectivity index (χ0v) is 25.2. The van der Waals surface area contributed by atoms with Gasteiger partial charge < -0.3 is 34.7 Å². The van der Waals surface area contributed by atoms with E-state index < -0.39 is 19.9 Å². The van der Waals surface area contributed by atoms with Crippen molar-refractivity contribution in [1.29, 1.82) is 0 Å². The molecule has 1 saturated heterocycles. The first-order valence-electron chi connectivity index (χ1n) is 13.9. The third kappa shape index (κ3) is 6.41. The van der Waals surface area contributed by atoms with Crippen LogP contribution < -0.4 is 25.6 Å². The summed E-state index contributed by atoms with van der Waals surface area (Å²) < 4.78 is 58.3. The number of halogens is 3. The van der Waals surface area contributed by atoms with E-state index in [0.717, 1.165) is 31.9 Å². The number of nitrogens with one attached hydrogen (secondary N) is 3. The molecule has 2 aromatic carbocycles. The third-order valence-corrected chi connectivity index (χ3v) is 8.82. The number of hydrogen-bond acceptors (Lipinski definition) is 10. The van der Waals surface area contributed by atoms with Crippen LogP contribution in [0.25, 0.3) is 22.1 Å². The standard InChI is InChI=1S/C29H31F3N9O2P/c1-40-12-14-41(15-13-40)18-4-5-20(23(16-18)43-17-29(30,31)32)37-28-38-26-19(8-9-35-26)27(39-28)36-22-7-6-21-24(34-11-10-33-21)25(22)44(2,3)42/h4-11,16H,12-15,17H2,1-3H3,(H3,35,36,37,38,39). The summed E-state index contributed by atoms with van der Waals surface area (Å²) in [5.74, 6) is 0.533. The average molecular weight is 626 g/mol. The number of aromatic amines is 1. The van der Waals surface area contributed by atoms with Gasteiger partial charge in [-0.1, -0.05) is 0 Å². The van der Waals surface area contributed by atoms with Crippen LogP contribution in [-0.2, 0) is 4.57 Å². The molecule has 0 aliphatic carbocycles. The van der Waals surface area contributed by atoms with Crippen LogP contribution in [0, 0.1) is 0 Å². The molecule has 0 radical (unpaired) electrons. The van der Waals surface area contributed by atoms with Gasteiger partial charge in [0.25, 0.3) is 0 Å². The normalized spacial score (nSPS) is 14.7. The SMILES string of the molecule is CN1CCN(c2ccc(Nc3nc(Nc4ccc5nccnc5c4P(C)(C)=O)c4cc[nH]c4n3)c(OCC(F)(F)F)c2)CC1. The van der Waals surface area contributed by atoms with Crippen molar-refractivity contribution in [1.82, 2.24) is 29.8 Å². The summed E-state index contributed by atoms with van der Waals surface area (Å²) >= 11 is 0. The Kier molecular flexibility index (Phi) is 7.80. The molecule has 1 aliphatic heterocycles. The zero-order chi connectivity index (χ0) is 31.1. The molecule has 5 aromatic rings. The molecule has 3 aromatic heterocycles. The van der Waals surface area contributed by atoms with E-state index in [2.05, 4.69) is 45.4 Å². The topological polar surface area (TPSA) is 124 Å². The van der Waals surface area contributed by atoms with Crippen molar-refractivity contribution < 1.29 is 22.5 Å². The van der Waals surface area contributed by atoms with Crippen LogP contribution >= 0.6 is 7.14 Å². The lowest BCUT2D eigenvalue weighted by Crippen LogP contribution is -2.44. The molecule has 230 valence electrons. The van der Waals surface area contributed by atoms with Gasteiger partial charge in [-0.15, -0.1) is 0 Å². The summed E-state index contributed by atoms with van der Waals surface area (Å²) in [7, 11) is -0.813. The maximum Gasteiger partial charge on any atom is 0.422 e. The summed E-state index contributed by atoms with van der Waals surface area (Å²) in [6.07, 6.45) is 0.313. The van der Waals surface area contributed by atoms with Crippen LogP contribution in [0.15, 0.2) is 55.0 Å². The van der Waals surface area contributed by atoms with Crippen molar-refractivity contribution >= 4 is 63.3 Å². The summed E-state index contributed by atoms with van der Waals surface area (Å²) in [4.78, 5) is 25.4. The predicted molar refractivity (Wildman–Crippen MR) is 167 cm³/mol. The van der Waals surface area contributed by atoms with E-state index in [1.54, 1.807) is 62.3 Å². The number of hydrogen-bond donors (Lipinski definition) is 3. The molecule has 0 spiro atoms. The number of fused-ring (bicyclic) bond motifs is 2. The van der Waals surface area contributed by atoms with Crippen LogP contribution in [0.4, 0.5) is 42.0 Å². The molecule has 0 amide bonds. The van der Waals surface area contributed by atoms with Gasteiger partial charge in [0.2, 0.25) is 5.95 Å². The second kappa shape index (κ2) is 11.6. The second-order valence-corrected chi connectivity index (χ2v) is 14.1. The summed E-state index contributed by atoms with van der Waals surface area (Å²) in [6.45, 7) is 5.05. The van der Waals surface area contributed by atoms with Crippen molar-refractivity contribution in [2.45, 2.75) is 6.18 Å². The second-order valence-electron chi connectivity index (χ2n) is 11.0. The molecule has 1 aliphatic rings. The van der Waals surface area contributed by atoms with Gasteiger partial charge in [0.1, 0.15) is 29.9 Å². The average Bonchev–Trinajstić information content (AvgIpc) is 3.45. The number of alkyl halides is 3. The Morgan fingerprint density at radius 1 is 0.977 bits per heavy atom. The Labute approximate surface area is 251 Å². The van der Waals surface area contributed by atoms with Gasteiger partial charge in [-0.25, -0.2) is 0 Å². The molecule has 1 fully saturated rings. The Hall–Kier alpha value is -4.42. The summed E-state index contributed by atoms with van der Waals surface area (Å²) in [5, 5.41) is 7.53. The quantitative estimate of drug-likeness (QED) is 0.195. The fourth-order valence-electron chi connectivity index (χ4n) is 5.16. The van der Waals surface area contributed by atoms with Crippen molar-refractivity contribution in [3.8, 4) is 5.75 Å². The van der Waals surface area contributed by atoms with Crippen LogP contribution in [0.3, 0.4) is 0 Å². The molecule has 0 atom stereocenters. The van der Waals surface area contributed by atoms with Crippen LogP contribution in [0.5, 0.6) is 5.75 Å². The van der Waals surface area contributed by atoms with Crippen molar-refractivity contribution in [3.05, 3.63) is 55.0 Å². The lowest BCUT2D eigenvalue weighted by molar-refractivity contribution is -0.153. The van der Waals surface area contributed by atoms with E-state index in [4.69, 9.17) is 4.74 Å². The summed E-state index contributed by atoms with van der Waals surface area (Å²) in [5.41, 5.74) is 3.20. The smallest absolute Gasteiger partial charge is 0.422 e. The molecule has 44 heavy (non-hydrogen) atoms. The van der Waals surface area contributed by atoms with Gasteiger partial charge in [0.05, 0.1) is 27.6 Å². The number of nitrogens with zero attached hydrogens (tertiary/aromatic N) is 6. The van der Waals surface area contributed by atoms with Crippen molar-refractivity contribution in [2.24, 2.45) is 0 Å². The van der Waals surface area contributed by atoms with E-state index in [0.29, 0.717) is 38.9 Å².